The van der Waals surface area contributed by atoms with Crippen LogP contribution in [0.15, 0.2) is 30.6 Å². The molecule has 2 rings (SSSR count). The molecule has 4 nitrogen and oxygen atoms in total. The van der Waals surface area contributed by atoms with Gasteiger partial charge in [-0.3, -0.25) is 0 Å². The molecule has 0 bridgehead atoms. The molecule has 0 atom stereocenters. The van der Waals surface area contributed by atoms with Crippen LogP contribution in [0.25, 0.3) is 0 Å². The first-order chi connectivity index (χ1) is 9.74. The van der Waals surface area contributed by atoms with E-state index in [1.54, 1.807) is 0 Å². The van der Waals surface area contributed by atoms with E-state index in [-0.39, 0.29) is 0 Å². The lowest BCUT2D eigenvalue weighted by molar-refractivity contribution is 0.341. The van der Waals surface area contributed by atoms with Crippen molar-refractivity contribution in [2.45, 2.75) is 33.4 Å². The van der Waals surface area contributed by atoms with Crippen LogP contribution < -0.4 is 10.1 Å². The number of benzene rings is 1. The first kappa shape index (κ1) is 14.7. The van der Waals surface area contributed by atoms with Gasteiger partial charge in [-0.05, 0) is 31.5 Å². The minimum absolute atomic E-state index is 0.626. The first-order valence-electron chi connectivity index (χ1n) is 6.90. The van der Waals surface area contributed by atoms with Crippen LogP contribution >= 0.6 is 11.6 Å². The standard InChI is InChI=1S/C15H20ClN3O/c1-3-8-19-9-7-17-15(19)11-18-13-10-12(16)5-6-14(13)20-4-2/h5-7,9-10,18H,3-4,8,11H2,1-2H3. The Hall–Kier alpha value is -1.68. The quantitative estimate of drug-likeness (QED) is 0.840. The Balaban J connectivity index is 2.09. The van der Waals surface area contributed by atoms with Gasteiger partial charge in [-0.15, -0.1) is 0 Å². The number of nitrogens with zero attached hydrogens (tertiary/aromatic N) is 2. The van der Waals surface area contributed by atoms with E-state index in [1.165, 1.54) is 0 Å². The van der Waals surface area contributed by atoms with Gasteiger partial charge < -0.3 is 14.6 Å². The Kier molecular flexibility index (Phi) is 5.30. The van der Waals surface area contributed by atoms with Gasteiger partial charge in [0.15, 0.2) is 0 Å². The molecule has 0 saturated heterocycles. The molecule has 1 aromatic heterocycles. The lowest BCUT2D eigenvalue weighted by Crippen LogP contribution is -2.09. The number of hydrogen-bond donors (Lipinski definition) is 1. The van der Waals surface area contributed by atoms with Crippen LogP contribution in [0.1, 0.15) is 26.1 Å². The average Bonchev–Trinajstić information content (AvgIpc) is 2.87. The molecule has 1 heterocycles. The predicted molar refractivity (Wildman–Crippen MR) is 82.5 cm³/mol. The molecule has 0 amide bonds. The smallest absolute Gasteiger partial charge is 0.142 e. The van der Waals surface area contributed by atoms with E-state index in [4.69, 9.17) is 16.3 Å². The highest BCUT2D eigenvalue weighted by atomic mass is 35.5. The third kappa shape index (κ3) is 3.67. The summed E-state index contributed by atoms with van der Waals surface area (Å²) < 4.78 is 7.74. The van der Waals surface area contributed by atoms with Crippen LogP contribution in [0.4, 0.5) is 5.69 Å². The minimum Gasteiger partial charge on any atom is -0.492 e. The number of hydrogen-bond acceptors (Lipinski definition) is 3. The van der Waals surface area contributed by atoms with Gasteiger partial charge in [0.25, 0.3) is 0 Å². The fourth-order valence-corrected chi connectivity index (χ4v) is 2.22. The molecule has 5 heteroatoms. The molecular formula is C15H20ClN3O. The molecule has 2 aromatic rings. The summed E-state index contributed by atoms with van der Waals surface area (Å²) in [5.74, 6) is 1.82. The normalized spacial score (nSPS) is 10.6. The molecule has 108 valence electrons. The summed E-state index contributed by atoms with van der Waals surface area (Å²) in [7, 11) is 0. The highest BCUT2D eigenvalue weighted by molar-refractivity contribution is 6.30. The van der Waals surface area contributed by atoms with Gasteiger partial charge >= 0.3 is 0 Å². The molecule has 0 unspecified atom stereocenters. The van der Waals surface area contributed by atoms with Crippen molar-refractivity contribution in [2.75, 3.05) is 11.9 Å². The van der Waals surface area contributed by atoms with Gasteiger partial charge in [-0.2, -0.15) is 0 Å². The molecule has 20 heavy (non-hydrogen) atoms. The predicted octanol–water partition coefficient (Wildman–Crippen LogP) is 3.96. The fraction of sp³-hybridized carbons (Fsp3) is 0.400. The third-order valence-corrected chi connectivity index (χ3v) is 3.18. The first-order valence-corrected chi connectivity index (χ1v) is 7.28. The lowest BCUT2D eigenvalue weighted by Gasteiger charge is -2.13. The van der Waals surface area contributed by atoms with Gasteiger partial charge in [0.1, 0.15) is 11.6 Å². The Morgan fingerprint density at radius 2 is 2.20 bits per heavy atom. The number of rotatable bonds is 7. The summed E-state index contributed by atoms with van der Waals surface area (Å²) in [4.78, 5) is 4.37. The van der Waals surface area contributed by atoms with Crippen molar-refractivity contribution in [3.8, 4) is 5.75 Å². The summed E-state index contributed by atoms with van der Waals surface area (Å²) in [6.45, 7) is 6.37. The number of imidazole rings is 1. The zero-order valence-corrected chi connectivity index (χ0v) is 12.7. The van der Waals surface area contributed by atoms with Crippen molar-refractivity contribution in [3.63, 3.8) is 0 Å². The Bertz CT molecular complexity index is 554. The Morgan fingerprint density at radius 3 is 2.95 bits per heavy atom. The van der Waals surface area contributed by atoms with Crippen molar-refractivity contribution in [3.05, 3.63) is 41.4 Å². The molecule has 0 aliphatic heterocycles. The monoisotopic (exact) mass is 293 g/mol. The molecule has 0 radical (unpaired) electrons. The highest BCUT2D eigenvalue weighted by Gasteiger charge is 2.06. The maximum Gasteiger partial charge on any atom is 0.142 e. The molecule has 0 saturated carbocycles. The summed E-state index contributed by atoms with van der Waals surface area (Å²) in [6.07, 6.45) is 4.92. The molecule has 0 aliphatic carbocycles. The molecule has 0 fully saturated rings. The topological polar surface area (TPSA) is 39.1 Å². The minimum atomic E-state index is 0.626. The molecule has 1 N–H and O–H groups in total. The number of aryl methyl sites for hydroxylation is 1. The van der Waals surface area contributed by atoms with Gasteiger partial charge in [0.05, 0.1) is 18.8 Å². The van der Waals surface area contributed by atoms with E-state index in [0.29, 0.717) is 18.2 Å². The molecular weight excluding hydrogens is 274 g/mol. The van der Waals surface area contributed by atoms with Gasteiger partial charge in [0, 0.05) is 24.0 Å². The summed E-state index contributed by atoms with van der Waals surface area (Å²) in [6, 6.07) is 5.59. The van der Waals surface area contributed by atoms with Crippen LogP contribution in [0, 0.1) is 0 Å². The van der Waals surface area contributed by atoms with E-state index in [9.17, 15) is 0 Å². The zero-order valence-electron chi connectivity index (χ0n) is 11.9. The average molecular weight is 294 g/mol. The summed E-state index contributed by atoms with van der Waals surface area (Å²) in [5.41, 5.74) is 0.894. The van der Waals surface area contributed by atoms with E-state index < -0.39 is 0 Å². The number of ether oxygens (including phenoxy) is 1. The van der Waals surface area contributed by atoms with E-state index in [2.05, 4.69) is 21.8 Å². The molecule has 0 aliphatic rings. The van der Waals surface area contributed by atoms with Crippen molar-refractivity contribution in [1.29, 1.82) is 0 Å². The molecule has 0 spiro atoms. The summed E-state index contributed by atoms with van der Waals surface area (Å²) in [5, 5.41) is 4.04. The maximum absolute atomic E-state index is 6.04. The van der Waals surface area contributed by atoms with Gasteiger partial charge in [-0.25, -0.2) is 4.98 Å². The maximum atomic E-state index is 6.04. The van der Waals surface area contributed by atoms with Crippen molar-refractivity contribution in [2.24, 2.45) is 0 Å². The number of aromatic nitrogens is 2. The van der Waals surface area contributed by atoms with Crippen LogP contribution in [-0.2, 0) is 13.1 Å². The van der Waals surface area contributed by atoms with Crippen molar-refractivity contribution >= 4 is 17.3 Å². The van der Waals surface area contributed by atoms with E-state index in [1.807, 2.05) is 37.5 Å². The van der Waals surface area contributed by atoms with Gasteiger partial charge in [-0.1, -0.05) is 18.5 Å². The van der Waals surface area contributed by atoms with Crippen molar-refractivity contribution in [1.82, 2.24) is 9.55 Å². The Morgan fingerprint density at radius 1 is 1.35 bits per heavy atom. The second-order valence-corrected chi connectivity index (χ2v) is 4.90. The largest absolute Gasteiger partial charge is 0.492 e. The third-order valence-electron chi connectivity index (χ3n) is 2.94. The Labute approximate surface area is 124 Å². The second kappa shape index (κ2) is 7.20. The molecule has 1 aromatic carbocycles. The second-order valence-electron chi connectivity index (χ2n) is 4.46. The van der Waals surface area contributed by atoms with Crippen LogP contribution in [0.5, 0.6) is 5.75 Å². The zero-order chi connectivity index (χ0) is 14.4. The van der Waals surface area contributed by atoms with Crippen molar-refractivity contribution < 1.29 is 4.74 Å². The van der Waals surface area contributed by atoms with Crippen LogP contribution in [0.2, 0.25) is 5.02 Å². The fourth-order valence-electron chi connectivity index (χ4n) is 2.05. The van der Waals surface area contributed by atoms with Crippen LogP contribution in [0.3, 0.4) is 0 Å². The SMILES string of the molecule is CCCn1ccnc1CNc1cc(Cl)ccc1OCC. The van der Waals surface area contributed by atoms with Crippen LogP contribution in [-0.4, -0.2) is 16.2 Å². The van der Waals surface area contributed by atoms with E-state index in [0.717, 1.165) is 30.2 Å². The lowest BCUT2D eigenvalue weighted by atomic mass is 10.3. The van der Waals surface area contributed by atoms with Gasteiger partial charge in [0.2, 0.25) is 0 Å². The van der Waals surface area contributed by atoms with E-state index >= 15 is 0 Å². The number of halogens is 1. The number of nitrogens with one attached hydrogen (secondary N) is 1. The number of anilines is 1. The summed E-state index contributed by atoms with van der Waals surface area (Å²) >= 11 is 6.04. The highest BCUT2D eigenvalue weighted by Crippen LogP contribution is 2.28.